The molecule has 0 fully saturated rings. The highest BCUT2D eigenvalue weighted by molar-refractivity contribution is 5.98. The molecule has 2 nitrogen and oxygen atoms in total. The third-order valence-corrected chi connectivity index (χ3v) is 13.7. The standard InChI is InChI=1S/C69H73NO/c1-15-47(16-2)49-29-37-59(38-30-49)70(65-63(51-25-33-55(34-26-51)66(3,4)5)23-20-24-64(65)52-27-35-56(36-28-52)67(6,7)8)60-43-54(48-21-18-17-19-22-48)44-62(46-60)71-61-39-31-50(32-40-61)53-41-57(68(9,10)11)45-58(42-53)69(12,13)14/h15-46H,1H2,2-14H3/b47-16+. The van der Waals surface area contributed by atoms with E-state index >= 15 is 0 Å². The van der Waals surface area contributed by atoms with Crippen molar-refractivity contribution in [3.63, 3.8) is 0 Å². The largest absolute Gasteiger partial charge is 0.457 e. The highest BCUT2D eigenvalue weighted by atomic mass is 16.5. The van der Waals surface area contributed by atoms with Crippen molar-refractivity contribution < 1.29 is 4.74 Å². The third-order valence-electron chi connectivity index (χ3n) is 13.7. The van der Waals surface area contributed by atoms with Crippen molar-refractivity contribution in [2.24, 2.45) is 0 Å². The molecule has 8 aromatic carbocycles. The first-order chi connectivity index (χ1) is 33.6. The zero-order valence-corrected chi connectivity index (χ0v) is 44.5. The number of benzene rings is 8. The molecule has 360 valence electrons. The van der Waals surface area contributed by atoms with Crippen LogP contribution in [-0.4, -0.2) is 0 Å². The lowest BCUT2D eigenvalue weighted by Crippen LogP contribution is -2.16. The minimum absolute atomic E-state index is 0.0186. The van der Waals surface area contributed by atoms with Crippen LogP contribution >= 0.6 is 0 Å². The summed E-state index contributed by atoms with van der Waals surface area (Å²) in [7, 11) is 0. The highest BCUT2D eigenvalue weighted by Gasteiger charge is 2.26. The van der Waals surface area contributed by atoms with E-state index in [4.69, 9.17) is 4.74 Å². The van der Waals surface area contributed by atoms with Gasteiger partial charge in [-0.05, 0) is 132 Å². The van der Waals surface area contributed by atoms with Crippen molar-refractivity contribution >= 4 is 22.6 Å². The first-order valence-corrected chi connectivity index (χ1v) is 25.3. The van der Waals surface area contributed by atoms with Gasteiger partial charge in [0.1, 0.15) is 11.5 Å². The number of para-hydroxylation sites is 1. The highest BCUT2D eigenvalue weighted by Crippen LogP contribution is 2.49. The molecule has 0 saturated heterocycles. The van der Waals surface area contributed by atoms with Crippen molar-refractivity contribution in [3.05, 3.63) is 229 Å². The molecule has 0 bridgehead atoms. The van der Waals surface area contributed by atoms with E-state index in [1.165, 1.54) is 27.8 Å². The summed E-state index contributed by atoms with van der Waals surface area (Å²) >= 11 is 0. The van der Waals surface area contributed by atoms with Crippen molar-refractivity contribution in [2.75, 3.05) is 4.90 Å². The van der Waals surface area contributed by atoms with Gasteiger partial charge in [-0.15, -0.1) is 0 Å². The molecule has 0 saturated carbocycles. The number of nitrogens with zero attached hydrogens (tertiary/aromatic N) is 1. The quantitative estimate of drug-likeness (QED) is 0.120. The van der Waals surface area contributed by atoms with Crippen LogP contribution in [0, 0.1) is 0 Å². The molecule has 0 spiro atoms. The maximum Gasteiger partial charge on any atom is 0.130 e. The molecule has 0 atom stereocenters. The monoisotopic (exact) mass is 932 g/mol. The van der Waals surface area contributed by atoms with Gasteiger partial charge in [0.25, 0.3) is 0 Å². The SMILES string of the molecule is C=C/C(=C\C)c1ccc(N(c2cc(Oc3ccc(-c4cc(C(C)(C)C)cc(C(C)(C)C)c4)cc3)cc(-c3ccccc3)c2)c2c(-c3ccc(C(C)(C)C)cc3)cccc2-c2ccc(C(C)(C)C)cc2)cc1. The van der Waals surface area contributed by atoms with Crippen LogP contribution in [0.4, 0.5) is 17.1 Å². The molecular weight excluding hydrogens is 859 g/mol. The predicted octanol–water partition coefficient (Wildman–Crippen LogP) is 20.4. The number of anilines is 3. The summed E-state index contributed by atoms with van der Waals surface area (Å²) in [5.74, 6) is 1.51. The van der Waals surface area contributed by atoms with Crippen LogP contribution in [0.3, 0.4) is 0 Å². The second-order valence-electron chi connectivity index (χ2n) is 23.2. The smallest absolute Gasteiger partial charge is 0.130 e. The van der Waals surface area contributed by atoms with Gasteiger partial charge in [0.15, 0.2) is 0 Å². The van der Waals surface area contributed by atoms with E-state index in [0.717, 1.165) is 78.6 Å². The molecule has 8 aromatic rings. The fourth-order valence-electron chi connectivity index (χ4n) is 9.24. The molecule has 71 heavy (non-hydrogen) atoms. The first-order valence-electron chi connectivity index (χ1n) is 25.3. The maximum absolute atomic E-state index is 7.00. The van der Waals surface area contributed by atoms with Crippen LogP contribution in [0.2, 0.25) is 0 Å². The summed E-state index contributed by atoms with van der Waals surface area (Å²) in [6, 6.07) is 66.9. The maximum atomic E-state index is 7.00. The molecule has 0 unspecified atom stereocenters. The van der Waals surface area contributed by atoms with Gasteiger partial charge in [-0.25, -0.2) is 0 Å². The Morgan fingerprint density at radius 1 is 0.394 bits per heavy atom. The van der Waals surface area contributed by atoms with Gasteiger partial charge in [-0.2, -0.15) is 0 Å². The van der Waals surface area contributed by atoms with E-state index in [0.29, 0.717) is 0 Å². The van der Waals surface area contributed by atoms with Crippen LogP contribution in [-0.2, 0) is 21.7 Å². The number of allylic oxidation sites excluding steroid dienone is 3. The van der Waals surface area contributed by atoms with Crippen molar-refractivity contribution in [1.29, 1.82) is 0 Å². The zero-order valence-electron chi connectivity index (χ0n) is 44.5. The molecule has 0 aliphatic rings. The number of hydrogen-bond acceptors (Lipinski definition) is 2. The number of rotatable bonds is 11. The zero-order chi connectivity index (χ0) is 50.9. The molecular formula is C69H73NO. The lowest BCUT2D eigenvalue weighted by molar-refractivity contribution is 0.483. The molecule has 0 N–H and O–H groups in total. The lowest BCUT2D eigenvalue weighted by atomic mass is 9.79. The summed E-state index contributed by atoms with van der Waals surface area (Å²) in [5.41, 5.74) is 19.7. The minimum atomic E-state index is 0.0186. The summed E-state index contributed by atoms with van der Waals surface area (Å²) in [6.45, 7) is 33.6. The van der Waals surface area contributed by atoms with E-state index in [1.807, 2.05) is 6.08 Å². The topological polar surface area (TPSA) is 12.5 Å². The Kier molecular flexibility index (Phi) is 14.1. The summed E-state index contributed by atoms with van der Waals surface area (Å²) < 4.78 is 7.00. The Balaban J connectivity index is 1.35. The van der Waals surface area contributed by atoms with Gasteiger partial charge < -0.3 is 9.64 Å². The second kappa shape index (κ2) is 19.9. The normalized spacial score (nSPS) is 12.4. The minimum Gasteiger partial charge on any atom is -0.457 e. The van der Waals surface area contributed by atoms with Gasteiger partial charge in [0.2, 0.25) is 0 Å². The van der Waals surface area contributed by atoms with Gasteiger partial charge in [0, 0.05) is 22.9 Å². The Bertz CT molecular complexity index is 3050. The molecule has 0 radical (unpaired) electrons. The van der Waals surface area contributed by atoms with E-state index in [9.17, 15) is 0 Å². The van der Waals surface area contributed by atoms with Crippen LogP contribution in [0.15, 0.2) is 201 Å². The van der Waals surface area contributed by atoms with Crippen molar-refractivity contribution in [1.82, 2.24) is 0 Å². The van der Waals surface area contributed by atoms with E-state index in [1.54, 1.807) is 0 Å². The molecule has 0 aliphatic carbocycles. The first kappa shape index (κ1) is 50.2. The van der Waals surface area contributed by atoms with Gasteiger partial charge in [-0.3, -0.25) is 0 Å². The van der Waals surface area contributed by atoms with Gasteiger partial charge in [0.05, 0.1) is 11.4 Å². The third kappa shape index (κ3) is 11.4. The number of ether oxygens (including phenoxy) is 1. The lowest BCUT2D eigenvalue weighted by Gasteiger charge is -2.31. The number of hydrogen-bond donors (Lipinski definition) is 0. The summed E-state index contributed by atoms with van der Waals surface area (Å²) in [5, 5.41) is 0. The van der Waals surface area contributed by atoms with Crippen LogP contribution < -0.4 is 9.64 Å². The van der Waals surface area contributed by atoms with Crippen LogP contribution in [0.25, 0.3) is 50.1 Å². The van der Waals surface area contributed by atoms with Crippen LogP contribution in [0.5, 0.6) is 11.5 Å². The van der Waals surface area contributed by atoms with Crippen LogP contribution in [0.1, 0.15) is 118 Å². The fourth-order valence-corrected chi connectivity index (χ4v) is 9.24. The average Bonchev–Trinajstić information content (AvgIpc) is 3.34. The van der Waals surface area contributed by atoms with Crippen molar-refractivity contribution in [3.8, 4) is 56.0 Å². The molecule has 0 aliphatic heterocycles. The average molecular weight is 932 g/mol. The molecule has 2 heteroatoms. The summed E-state index contributed by atoms with van der Waals surface area (Å²) in [6.07, 6.45) is 4.04. The molecule has 0 heterocycles. The van der Waals surface area contributed by atoms with E-state index in [-0.39, 0.29) is 21.7 Å². The molecule has 0 amide bonds. The Morgan fingerprint density at radius 3 is 1.32 bits per heavy atom. The summed E-state index contributed by atoms with van der Waals surface area (Å²) in [4.78, 5) is 2.43. The molecule has 8 rings (SSSR count). The second-order valence-corrected chi connectivity index (χ2v) is 23.2. The van der Waals surface area contributed by atoms with Gasteiger partial charge in [-0.1, -0.05) is 241 Å². The fraction of sp³-hybridized carbons (Fsp3) is 0.246. The predicted molar refractivity (Wildman–Crippen MR) is 308 cm³/mol. The van der Waals surface area contributed by atoms with Crippen molar-refractivity contribution in [2.45, 2.75) is 112 Å². The van der Waals surface area contributed by atoms with E-state index in [2.05, 4.69) is 290 Å². The Hall–Kier alpha value is -7.16. The molecule has 0 aromatic heterocycles. The van der Waals surface area contributed by atoms with Gasteiger partial charge >= 0.3 is 0 Å². The Labute approximate surface area is 426 Å². The Morgan fingerprint density at radius 2 is 0.859 bits per heavy atom. The van der Waals surface area contributed by atoms with E-state index < -0.39 is 0 Å².